The Morgan fingerprint density at radius 1 is 2.00 bits per heavy atom. The maximum absolute atomic E-state index is 7.47. The zero-order valence-corrected chi connectivity index (χ0v) is 4.52. The van der Waals surface area contributed by atoms with E-state index >= 15 is 0 Å². The molecule has 48 valence electrons. The zero-order chi connectivity index (χ0) is 13.6. The van der Waals surface area contributed by atoms with E-state index in [1.54, 1.807) is 0 Å². The Bertz CT molecular complexity index is 452. The van der Waals surface area contributed by atoms with Gasteiger partial charge in [0.25, 0.3) is 0 Å². The second kappa shape index (κ2) is 2.49. The maximum Gasteiger partial charge on any atom is 0.0862 e. The van der Waals surface area contributed by atoms with Gasteiger partial charge in [-0.1, -0.05) is 6.85 Å². The lowest BCUT2D eigenvalue weighted by Crippen LogP contribution is -1.89. The van der Waals surface area contributed by atoms with Gasteiger partial charge in [-0.05, 0) is 18.5 Å². The molecule has 1 rings (SSSR count). The first kappa shape index (κ1) is 1.51. The quantitative estimate of drug-likeness (QED) is 0.621. The fraction of sp³-hybridized carbons (Fsp3) is 0.286. The van der Waals surface area contributed by atoms with Crippen LogP contribution in [0.3, 0.4) is 0 Å². The standard InChI is InChI=1S/C7H10N2/c1-2-7-4-3-6(8)5-9-7/h3-5H,2,8H2,1H3/i1D3,2D2,3D,4D,5D. The third-order valence-electron chi connectivity index (χ3n) is 0.722. The van der Waals surface area contributed by atoms with Gasteiger partial charge in [0.05, 0.1) is 16.0 Å². The number of nitrogen functional groups attached to an aromatic ring is 1. The molecule has 0 amide bonds. The molecule has 2 N–H and O–H groups in total. The van der Waals surface area contributed by atoms with E-state index < -0.39 is 37.2 Å². The molecular formula is C7H10N2. The van der Waals surface area contributed by atoms with Crippen molar-refractivity contribution < 1.29 is 11.0 Å². The van der Waals surface area contributed by atoms with E-state index in [2.05, 4.69) is 4.98 Å². The number of anilines is 1. The van der Waals surface area contributed by atoms with E-state index in [0.29, 0.717) is 0 Å². The van der Waals surface area contributed by atoms with Crippen LogP contribution in [0, 0.1) is 0 Å². The van der Waals surface area contributed by atoms with Crippen LogP contribution in [0.25, 0.3) is 0 Å². The van der Waals surface area contributed by atoms with Crippen LogP contribution >= 0.6 is 0 Å². The maximum atomic E-state index is 7.47. The first-order chi connectivity index (χ1) is 7.50. The molecule has 0 aliphatic rings. The number of aromatic nitrogens is 1. The highest BCUT2D eigenvalue weighted by Crippen LogP contribution is 2.00. The predicted octanol–water partition coefficient (Wildman–Crippen LogP) is 1.23. The molecule has 0 aromatic carbocycles. The van der Waals surface area contributed by atoms with Gasteiger partial charge in [0, 0.05) is 12.5 Å². The van der Waals surface area contributed by atoms with E-state index in [1.807, 2.05) is 0 Å². The van der Waals surface area contributed by atoms with Gasteiger partial charge in [-0.3, -0.25) is 4.98 Å². The molecule has 0 aliphatic carbocycles. The summed E-state index contributed by atoms with van der Waals surface area (Å²) in [5.74, 6) is 0. The predicted molar refractivity (Wildman–Crippen MR) is 38.0 cm³/mol. The molecule has 0 atom stereocenters. The molecule has 0 aliphatic heterocycles. The normalized spacial score (nSPS) is 25.3. The highest BCUT2D eigenvalue weighted by atomic mass is 14.7. The second-order valence-corrected chi connectivity index (χ2v) is 1.36. The lowest BCUT2D eigenvalue weighted by atomic mass is 10.3. The Morgan fingerprint density at radius 3 is 3.67 bits per heavy atom. The number of nitrogens with two attached hydrogens (primary N) is 1. The van der Waals surface area contributed by atoms with E-state index in [4.69, 9.17) is 16.7 Å². The Kier molecular flexibility index (Phi) is 0.417. The molecule has 2 heteroatoms. The van der Waals surface area contributed by atoms with Crippen LogP contribution in [-0.4, -0.2) is 4.98 Å². The molecule has 1 aromatic heterocycles. The minimum atomic E-state index is -3.04. The zero-order valence-electron chi connectivity index (χ0n) is 12.5. The largest absolute Gasteiger partial charge is 0.397 e. The smallest absolute Gasteiger partial charge is 0.0862 e. The SMILES string of the molecule is [2H]c1nc(C([2H])([2H])C([2H])([2H])[2H])c([2H])c([2H])c1N. The van der Waals surface area contributed by atoms with Crippen molar-refractivity contribution in [3.05, 3.63) is 24.0 Å². The monoisotopic (exact) mass is 130 g/mol. The fourth-order valence-corrected chi connectivity index (χ4v) is 0.358. The number of hydrogen-bond acceptors (Lipinski definition) is 2. The lowest BCUT2D eigenvalue weighted by Gasteiger charge is -1.93. The Labute approximate surface area is 66.0 Å². The molecule has 0 unspecified atom stereocenters. The van der Waals surface area contributed by atoms with Gasteiger partial charge in [-0.25, -0.2) is 0 Å². The van der Waals surface area contributed by atoms with Crippen molar-refractivity contribution in [2.45, 2.75) is 13.2 Å². The van der Waals surface area contributed by atoms with Crippen LogP contribution in [0.5, 0.6) is 0 Å². The molecule has 0 spiro atoms. The van der Waals surface area contributed by atoms with E-state index in [9.17, 15) is 0 Å². The molecule has 0 fully saturated rings. The molecule has 9 heavy (non-hydrogen) atoms. The van der Waals surface area contributed by atoms with E-state index in [-0.39, 0.29) is 5.69 Å². The van der Waals surface area contributed by atoms with Crippen molar-refractivity contribution in [2.24, 2.45) is 0 Å². The van der Waals surface area contributed by atoms with Crippen LogP contribution < -0.4 is 5.73 Å². The molecule has 1 aromatic rings. The highest BCUT2D eigenvalue weighted by Gasteiger charge is 1.86. The molecule has 0 bridgehead atoms. The van der Waals surface area contributed by atoms with Crippen LogP contribution in [-0.2, 0) is 6.37 Å². The van der Waals surface area contributed by atoms with Crippen LogP contribution in [0.4, 0.5) is 5.69 Å². The lowest BCUT2D eigenvalue weighted by molar-refractivity contribution is 1.04. The molecule has 0 radical (unpaired) electrons. The Hall–Kier alpha value is -1.05. The van der Waals surface area contributed by atoms with Crippen molar-refractivity contribution in [2.75, 3.05) is 5.73 Å². The van der Waals surface area contributed by atoms with Crippen LogP contribution in [0.15, 0.2) is 18.3 Å². The molecule has 1 heterocycles. The van der Waals surface area contributed by atoms with Gasteiger partial charge in [-0.15, -0.1) is 0 Å². The van der Waals surface area contributed by atoms with Gasteiger partial charge in [0.2, 0.25) is 0 Å². The van der Waals surface area contributed by atoms with E-state index in [1.165, 1.54) is 0 Å². The van der Waals surface area contributed by atoms with Crippen LogP contribution in [0.1, 0.15) is 23.5 Å². The van der Waals surface area contributed by atoms with Crippen molar-refractivity contribution in [1.29, 1.82) is 0 Å². The summed E-state index contributed by atoms with van der Waals surface area (Å²) >= 11 is 0. The van der Waals surface area contributed by atoms with Crippen molar-refractivity contribution >= 4 is 5.69 Å². The van der Waals surface area contributed by atoms with Crippen molar-refractivity contribution in [3.63, 3.8) is 0 Å². The van der Waals surface area contributed by atoms with Crippen LogP contribution in [0.2, 0.25) is 0 Å². The molecule has 2 nitrogen and oxygen atoms in total. The summed E-state index contributed by atoms with van der Waals surface area (Å²) in [6.45, 7) is -3.04. The highest BCUT2D eigenvalue weighted by molar-refractivity contribution is 5.34. The van der Waals surface area contributed by atoms with Gasteiger partial charge in [-0.2, -0.15) is 0 Å². The third-order valence-corrected chi connectivity index (χ3v) is 0.722. The second-order valence-electron chi connectivity index (χ2n) is 1.36. The summed E-state index contributed by atoms with van der Waals surface area (Å²) in [7, 11) is 0. The number of rotatable bonds is 1. The molecule has 0 saturated carbocycles. The molecular weight excluding hydrogens is 112 g/mol. The Morgan fingerprint density at radius 2 is 2.89 bits per heavy atom. The third kappa shape index (κ3) is 1.42. The fourth-order valence-electron chi connectivity index (χ4n) is 0.358. The van der Waals surface area contributed by atoms with Gasteiger partial charge < -0.3 is 5.73 Å². The first-order valence-corrected chi connectivity index (χ1v) is 2.24. The number of pyridine rings is 1. The summed E-state index contributed by atoms with van der Waals surface area (Å²) < 4.78 is 58.2. The summed E-state index contributed by atoms with van der Waals surface area (Å²) in [5, 5.41) is 0. The van der Waals surface area contributed by atoms with Gasteiger partial charge >= 0.3 is 0 Å². The minimum absolute atomic E-state index is 0.375. The number of nitrogens with zero attached hydrogens (tertiary/aromatic N) is 1. The summed E-state index contributed by atoms with van der Waals surface area (Å²) in [6.07, 6.45) is -3.50. The first-order valence-electron chi connectivity index (χ1n) is 6.24. The number of hydrogen-bond donors (Lipinski definition) is 1. The number of aryl methyl sites for hydroxylation is 1. The Balaban J connectivity index is 3.54. The average molecular weight is 130 g/mol. The summed E-state index contributed by atoms with van der Waals surface area (Å²) in [6, 6.07) is -1.30. The average Bonchev–Trinajstić information content (AvgIpc) is 2.18. The van der Waals surface area contributed by atoms with Gasteiger partial charge in [0.1, 0.15) is 0 Å². The summed E-state index contributed by atoms with van der Waals surface area (Å²) in [4.78, 5) is 3.37. The topological polar surface area (TPSA) is 38.9 Å². The van der Waals surface area contributed by atoms with Crippen molar-refractivity contribution in [3.8, 4) is 0 Å². The molecule has 0 saturated heterocycles. The van der Waals surface area contributed by atoms with Gasteiger partial charge in [0.15, 0.2) is 0 Å². The minimum Gasteiger partial charge on any atom is -0.397 e. The van der Waals surface area contributed by atoms with E-state index in [0.717, 1.165) is 0 Å². The summed E-state index contributed by atoms with van der Waals surface area (Å²) in [5.41, 5.74) is 4.15. The van der Waals surface area contributed by atoms with Crippen molar-refractivity contribution in [1.82, 2.24) is 4.98 Å².